The van der Waals surface area contributed by atoms with Gasteiger partial charge in [0.25, 0.3) is 0 Å². The molecule has 0 aromatic heterocycles. The smallest absolute Gasteiger partial charge is 0.158 e. The molecule has 0 spiro atoms. The molecule has 0 radical (unpaired) electrons. The van der Waals surface area contributed by atoms with E-state index in [9.17, 15) is 0 Å². The summed E-state index contributed by atoms with van der Waals surface area (Å²) in [6.07, 6.45) is 0.630. The predicted molar refractivity (Wildman–Crippen MR) is 47.9 cm³/mol. The Morgan fingerprint density at radius 3 is 1.42 bits per heavy atom. The van der Waals surface area contributed by atoms with Crippen LogP contribution >= 0.6 is 7.26 Å². The molecule has 0 atom stereocenters. The number of hydrogen-bond donors (Lipinski definition) is 3. The van der Waals surface area contributed by atoms with Gasteiger partial charge in [-0.05, 0) is 5.92 Å². The van der Waals surface area contributed by atoms with Crippen molar-refractivity contribution in [2.24, 2.45) is 5.92 Å². The van der Waals surface area contributed by atoms with Crippen molar-refractivity contribution in [3.05, 3.63) is 0 Å². The van der Waals surface area contributed by atoms with E-state index in [1.54, 1.807) is 0 Å². The van der Waals surface area contributed by atoms with Gasteiger partial charge in [-0.1, -0.05) is 13.8 Å². The van der Waals surface area contributed by atoms with E-state index in [1.165, 1.54) is 0 Å². The number of aliphatic hydroxyl groups is 3. The second-order valence-electron chi connectivity index (χ2n) is 3.34. The maximum absolute atomic E-state index is 8.95. The topological polar surface area (TPSA) is 60.7 Å². The summed E-state index contributed by atoms with van der Waals surface area (Å²) in [5.41, 5.74) is 0. The Balaban J connectivity index is 0. The first kappa shape index (κ1) is 15.1. The van der Waals surface area contributed by atoms with Gasteiger partial charge < -0.3 is 27.7 Å². The van der Waals surface area contributed by atoms with Gasteiger partial charge in [-0.25, -0.2) is 0 Å². The number of aliphatic hydroxyl groups excluding tert-OH is 3. The van der Waals surface area contributed by atoms with Gasteiger partial charge in [0.2, 0.25) is 0 Å². The molecule has 0 fully saturated rings. The lowest BCUT2D eigenvalue weighted by molar-refractivity contribution is -0.00000512. The molecule has 0 amide bonds. The van der Waals surface area contributed by atoms with Crippen LogP contribution in [-0.4, -0.2) is 40.5 Å². The third-order valence-electron chi connectivity index (χ3n) is 1.65. The summed E-state index contributed by atoms with van der Waals surface area (Å²) in [6, 6.07) is 0. The van der Waals surface area contributed by atoms with Crippen molar-refractivity contribution in [1.82, 2.24) is 0 Å². The van der Waals surface area contributed by atoms with Crippen molar-refractivity contribution in [1.29, 1.82) is 0 Å². The highest BCUT2D eigenvalue weighted by atomic mass is 35.5. The first-order valence-electron chi connectivity index (χ1n) is 3.78. The molecule has 0 aliphatic carbocycles. The summed E-state index contributed by atoms with van der Waals surface area (Å²) in [5, 5.41) is 26.9. The Hall–Kier alpha value is 0.600. The molecule has 0 saturated carbocycles. The summed E-state index contributed by atoms with van der Waals surface area (Å²) < 4.78 is 0. The van der Waals surface area contributed by atoms with Crippen molar-refractivity contribution in [2.45, 2.75) is 13.8 Å². The van der Waals surface area contributed by atoms with Gasteiger partial charge in [0.15, 0.2) is 19.0 Å². The van der Waals surface area contributed by atoms with Gasteiger partial charge in [-0.15, -0.1) is 0 Å². The monoisotopic (exact) mass is 216 g/mol. The first-order chi connectivity index (χ1) is 5.10. The molecule has 0 aromatic carbocycles. The third-order valence-corrected chi connectivity index (χ3v) is 4.96. The quantitative estimate of drug-likeness (QED) is 0.446. The highest BCUT2D eigenvalue weighted by Gasteiger charge is 2.36. The minimum Gasteiger partial charge on any atom is -1.00 e. The SMILES string of the molecule is CC(C)C[P+](CO)(CO)CO.[Cl-]. The molecule has 0 aromatic rings. The minimum atomic E-state index is -1.83. The van der Waals surface area contributed by atoms with Crippen LogP contribution in [-0.2, 0) is 0 Å². The Morgan fingerprint density at radius 2 is 1.33 bits per heavy atom. The normalized spacial score (nSPS) is 11.5. The van der Waals surface area contributed by atoms with E-state index in [4.69, 9.17) is 15.3 Å². The summed E-state index contributed by atoms with van der Waals surface area (Å²) >= 11 is 0. The van der Waals surface area contributed by atoms with Crippen molar-refractivity contribution in [3.63, 3.8) is 0 Å². The van der Waals surface area contributed by atoms with Gasteiger partial charge >= 0.3 is 0 Å². The molecule has 0 heterocycles. The molecule has 0 rings (SSSR count). The highest BCUT2D eigenvalue weighted by Crippen LogP contribution is 2.56. The fourth-order valence-electron chi connectivity index (χ4n) is 1.08. The van der Waals surface area contributed by atoms with Crippen LogP contribution in [0.5, 0.6) is 0 Å². The summed E-state index contributed by atoms with van der Waals surface area (Å²) in [7, 11) is -1.83. The van der Waals surface area contributed by atoms with E-state index in [2.05, 4.69) is 0 Å². The van der Waals surface area contributed by atoms with E-state index >= 15 is 0 Å². The number of hydrogen-bond acceptors (Lipinski definition) is 3. The molecular weight excluding hydrogens is 199 g/mol. The molecule has 76 valence electrons. The average molecular weight is 217 g/mol. The lowest BCUT2D eigenvalue weighted by atomic mass is 10.3. The summed E-state index contributed by atoms with van der Waals surface area (Å²) in [6.45, 7) is 4.05. The zero-order chi connectivity index (χ0) is 8.91. The van der Waals surface area contributed by atoms with Crippen LogP contribution in [0.2, 0.25) is 0 Å². The number of halogens is 1. The standard InChI is InChI=1S/C7H18O3P.ClH/c1-7(2)3-11(4-8,5-9)6-10;/h7-10H,3-6H2,1-2H3;1H/q+1;/p-1. The van der Waals surface area contributed by atoms with Crippen molar-refractivity contribution in [2.75, 3.05) is 25.2 Å². The first-order valence-corrected chi connectivity index (χ1v) is 6.31. The maximum Gasteiger partial charge on any atom is 0.158 e. The Kier molecular flexibility index (Phi) is 8.86. The molecule has 3 N–H and O–H groups in total. The van der Waals surface area contributed by atoms with Crippen LogP contribution in [0.25, 0.3) is 0 Å². The second-order valence-corrected chi connectivity index (χ2v) is 7.24. The molecule has 0 aliphatic heterocycles. The highest BCUT2D eigenvalue weighted by molar-refractivity contribution is 7.75. The zero-order valence-corrected chi connectivity index (χ0v) is 9.22. The van der Waals surface area contributed by atoms with Gasteiger partial charge in [-0.3, -0.25) is 0 Å². The van der Waals surface area contributed by atoms with Gasteiger partial charge in [-0.2, -0.15) is 0 Å². The number of rotatable bonds is 5. The minimum absolute atomic E-state index is 0. The van der Waals surface area contributed by atoms with Crippen LogP contribution < -0.4 is 12.4 Å². The van der Waals surface area contributed by atoms with Crippen LogP contribution in [0.1, 0.15) is 13.8 Å². The third kappa shape index (κ3) is 4.58. The van der Waals surface area contributed by atoms with Crippen LogP contribution in [0.3, 0.4) is 0 Å². The molecule has 0 bridgehead atoms. The molecule has 0 unspecified atom stereocenters. The lowest BCUT2D eigenvalue weighted by Gasteiger charge is -2.21. The molecule has 0 aliphatic rings. The molecule has 12 heavy (non-hydrogen) atoms. The van der Waals surface area contributed by atoms with Crippen LogP contribution in [0.15, 0.2) is 0 Å². The second kappa shape index (κ2) is 7.05. The molecule has 0 saturated heterocycles. The molecule has 5 heteroatoms. The van der Waals surface area contributed by atoms with E-state index < -0.39 is 7.26 Å². The van der Waals surface area contributed by atoms with Gasteiger partial charge in [0.05, 0.1) is 13.4 Å². The molecule has 3 nitrogen and oxygen atoms in total. The van der Waals surface area contributed by atoms with Crippen LogP contribution in [0.4, 0.5) is 0 Å². The van der Waals surface area contributed by atoms with Crippen molar-refractivity contribution in [3.8, 4) is 0 Å². The van der Waals surface area contributed by atoms with Crippen LogP contribution in [0, 0.1) is 5.92 Å². The fourth-order valence-corrected chi connectivity index (χ4v) is 3.25. The van der Waals surface area contributed by atoms with Gasteiger partial charge in [0, 0.05) is 0 Å². The average Bonchev–Trinajstić information content (AvgIpc) is 2.00. The Labute approximate surface area is 80.5 Å². The molecular formula is C7H18ClO3P. The van der Waals surface area contributed by atoms with E-state index in [0.29, 0.717) is 5.92 Å². The van der Waals surface area contributed by atoms with Gasteiger partial charge in [0.1, 0.15) is 0 Å². The lowest BCUT2D eigenvalue weighted by Crippen LogP contribution is -3.00. The predicted octanol–water partition coefficient (Wildman–Crippen LogP) is -2.49. The van der Waals surface area contributed by atoms with E-state index in [0.717, 1.165) is 6.16 Å². The Bertz CT molecular complexity index is 98.6. The van der Waals surface area contributed by atoms with Crippen molar-refractivity contribution >= 4 is 7.26 Å². The summed E-state index contributed by atoms with van der Waals surface area (Å²) in [5.74, 6) is 0.426. The fraction of sp³-hybridized carbons (Fsp3) is 1.00. The summed E-state index contributed by atoms with van der Waals surface area (Å²) in [4.78, 5) is 0. The largest absolute Gasteiger partial charge is 1.00 e. The zero-order valence-electron chi connectivity index (χ0n) is 7.57. The maximum atomic E-state index is 8.95. The van der Waals surface area contributed by atoms with E-state index in [-0.39, 0.29) is 31.5 Å². The van der Waals surface area contributed by atoms with E-state index in [1.807, 2.05) is 13.8 Å². The van der Waals surface area contributed by atoms with Crippen molar-refractivity contribution < 1.29 is 27.7 Å². The Morgan fingerprint density at radius 1 is 1.00 bits per heavy atom.